The fraction of sp³-hybridized carbons (Fsp3) is 1.00. The van der Waals surface area contributed by atoms with Gasteiger partial charge >= 0.3 is 0 Å². The van der Waals surface area contributed by atoms with E-state index in [0.29, 0.717) is 12.0 Å². The van der Waals surface area contributed by atoms with Crippen LogP contribution in [0.1, 0.15) is 34.1 Å². The highest BCUT2D eigenvalue weighted by Gasteiger charge is 2.26. The Morgan fingerprint density at radius 2 is 2.12 bits per heavy atom. The van der Waals surface area contributed by atoms with Crippen molar-refractivity contribution in [3.8, 4) is 0 Å². The van der Waals surface area contributed by atoms with Gasteiger partial charge in [-0.05, 0) is 25.4 Å². The summed E-state index contributed by atoms with van der Waals surface area (Å²) in [7, 11) is 0. The Balaban J connectivity index is 2.44. The number of nitrogens with one attached hydrogen (secondary N) is 1. The molecule has 0 spiro atoms. The summed E-state index contributed by atoms with van der Waals surface area (Å²) < 4.78 is 5.64. The fourth-order valence-electron chi connectivity index (χ4n) is 2.69. The van der Waals surface area contributed by atoms with Crippen molar-refractivity contribution in [2.45, 2.75) is 40.2 Å². The van der Waals surface area contributed by atoms with Crippen LogP contribution >= 0.6 is 0 Å². The highest BCUT2D eigenvalue weighted by Crippen LogP contribution is 2.17. The summed E-state index contributed by atoms with van der Waals surface area (Å²) in [6.45, 7) is 15.5. The van der Waals surface area contributed by atoms with Gasteiger partial charge in [-0.25, -0.2) is 0 Å². The van der Waals surface area contributed by atoms with Gasteiger partial charge in [-0.3, -0.25) is 0 Å². The van der Waals surface area contributed by atoms with E-state index in [4.69, 9.17) is 4.74 Å². The van der Waals surface area contributed by atoms with E-state index >= 15 is 0 Å². The molecule has 2 unspecified atom stereocenters. The molecule has 1 rings (SSSR count). The molecule has 1 aliphatic rings. The molecule has 0 bridgehead atoms. The largest absolute Gasteiger partial charge is 0.381 e. The second-order valence-corrected chi connectivity index (χ2v) is 5.53. The molecular weight excluding hydrogens is 212 g/mol. The second-order valence-electron chi connectivity index (χ2n) is 5.53. The molecule has 1 heterocycles. The van der Waals surface area contributed by atoms with E-state index in [2.05, 4.69) is 37.9 Å². The number of rotatable bonds is 7. The number of hydrogen-bond donors (Lipinski definition) is 1. The average Bonchev–Trinajstić information content (AvgIpc) is 2.30. The molecule has 0 aromatic heterocycles. The zero-order valence-electron chi connectivity index (χ0n) is 12.0. The molecule has 0 radical (unpaired) electrons. The minimum absolute atomic E-state index is 0.648. The zero-order chi connectivity index (χ0) is 12.7. The van der Waals surface area contributed by atoms with Crippen LogP contribution < -0.4 is 5.32 Å². The quantitative estimate of drug-likeness (QED) is 0.739. The summed E-state index contributed by atoms with van der Waals surface area (Å²) in [6.07, 6.45) is 1.16. The lowest BCUT2D eigenvalue weighted by molar-refractivity contribution is 0.0162. The molecule has 1 N–H and O–H groups in total. The molecule has 0 saturated carbocycles. The van der Waals surface area contributed by atoms with Crippen LogP contribution in [-0.2, 0) is 4.74 Å². The highest BCUT2D eigenvalue weighted by atomic mass is 16.5. The Labute approximate surface area is 107 Å². The fourth-order valence-corrected chi connectivity index (χ4v) is 2.69. The smallest absolute Gasteiger partial charge is 0.0521 e. The van der Waals surface area contributed by atoms with Gasteiger partial charge in [-0.15, -0.1) is 0 Å². The lowest BCUT2D eigenvalue weighted by Gasteiger charge is -2.36. The Bertz CT molecular complexity index is 195. The minimum atomic E-state index is 0.648. The molecule has 17 heavy (non-hydrogen) atoms. The molecule has 0 aromatic carbocycles. The predicted molar refractivity (Wildman–Crippen MR) is 73.3 cm³/mol. The molecule has 102 valence electrons. The Morgan fingerprint density at radius 1 is 1.35 bits per heavy atom. The Hall–Kier alpha value is -0.120. The van der Waals surface area contributed by atoms with Crippen LogP contribution in [-0.4, -0.2) is 50.3 Å². The van der Waals surface area contributed by atoms with E-state index in [-0.39, 0.29) is 0 Å². The van der Waals surface area contributed by atoms with E-state index in [9.17, 15) is 0 Å². The summed E-state index contributed by atoms with van der Waals surface area (Å²) in [5, 5.41) is 3.61. The third kappa shape index (κ3) is 5.36. The molecule has 1 saturated heterocycles. The molecule has 0 amide bonds. The second kappa shape index (κ2) is 8.06. The van der Waals surface area contributed by atoms with Crippen molar-refractivity contribution < 1.29 is 4.74 Å². The first-order valence-electron chi connectivity index (χ1n) is 7.20. The monoisotopic (exact) mass is 242 g/mol. The van der Waals surface area contributed by atoms with Gasteiger partial charge in [0.05, 0.1) is 6.61 Å². The molecule has 3 heteroatoms. The van der Waals surface area contributed by atoms with E-state index in [1.807, 2.05) is 0 Å². The topological polar surface area (TPSA) is 24.5 Å². The van der Waals surface area contributed by atoms with Crippen LogP contribution in [0.2, 0.25) is 0 Å². The van der Waals surface area contributed by atoms with E-state index in [1.54, 1.807) is 0 Å². The first kappa shape index (κ1) is 14.9. The number of hydrogen-bond acceptors (Lipinski definition) is 3. The maximum absolute atomic E-state index is 5.64. The van der Waals surface area contributed by atoms with Crippen molar-refractivity contribution in [2.24, 2.45) is 11.8 Å². The molecule has 0 aromatic rings. The summed E-state index contributed by atoms with van der Waals surface area (Å²) in [4.78, 5) is 2.56. The molecule has 1 fully saturated rings. The Kier molecular flexibility index (Phi) is 7.09. The lowest BCUT2D eigenvalue weighted by atomic mass is 9.94. The first-order valence-corrected chi connectivity index (χ1v) is 7.20. The van der Waals surface area contributed by atoms with Crippen molar-refractivity contribution in [2.75, 3.05) is 39.4 Å². The van der Waals surface area contributed by atoms with E-state index in [0.717, 1.165) is 38.6 Å². The Morgan fingerprint density at radius 3 is 2.71 bits per heavy atom. The average molecular weight is 242 g/mol. The third-order valence-corrected chi connectivity index (χ3v) is 3.50. The van der Waals surface area contributed by atoms with Crippen molar-refractivity contribution in [3.63, 3.8) is 0 Å². The maximum Gasteiger partial charge on any atom is 0.0521 e. The van der Waals surface area contributed by atoms with Crippen molar-refractivity contribution in [1.82, 2.24) is 10.2 Å². The normalized spacial score (nSPS) is 25.8. The van der Waals surface area contributed by atoms with Crippen LogP contribution in [0.15, 0.2) is 0 Å². The van der Waals surface area contributed by atoms with Crippen LogP contribution in [0.5, 0.6) is 0 Å². The lowest BCUT2D eigenvalue weighted by Crippen LogP contribution is -2.48. The van der Waals surface area contributed by atoms with Gasteiger partial charge in [0.25, 0.3) is 0 Å². The summed E-state index contributed by atoms with van der Waals surface area (Å²) in [6, 6.07) is 0.648. The van der Waals surface area contributed by atoms with Gasteiger partial charge in [-0.1, -0.05) is 27.7 Å². The first-order chi connectivity index (χ1) is 8.17. The standard InChI is InChI=1S/C14H30N2O/c1-5-15-14-7-8-17-11-13(14)10-16(6-2)9-12(3)4/h12-15H,5-11H2,1-4H3. The highest BCUT2D eigenvalue weighted by molar-refractivity contribution is 4.81. The van der Waals surface area contributed by atoms with E-state index in [1.165, 1.54) is 13.1 Å². The van der Waals surface area contributed by atoms with Gasteiger partial charge < -0.3 is 15.0 Å². The van der Waals surface area contributed by atoms with Crippen molar-refractivity contribution in [3.05, 3.63) is 0 Å². The van der Waals surface area contributed by atoms with Crippen molar-refractivity contribution >= 4 is 0 Å². The number of ether oxygens (including phenoxy) is 1. The van der Waals surface area contributed by atoms with Crippen LogP contribution in [0.4, 0.5) is 0 Å². The molecular formula is C14H30N2O. The van der Waals surface area contributed by atoms with Gasteiger partial charge in [0.2, 0.25) is 0 Å². The predicted octanol–water partition coefficient (Wildman–Crippen LogP) is 1.98. The summed E-state index contributed by atoms with van der Waals surface area (Å²) >= 11 is 0. The molecule has 1 aliphatic heterocycles. The minimum Gasteiger partial charge on any atom is -0.381 e. The molecule has 2 atom stereocenters. The van der Waals surface area contributed by atoms with Crippen LogP contribution in [0, 0.1) is 11.8 Å². The van der Waals surface area contributed by atoms with Gasteiger partial charge in [-0.2, -0.15) is 0 Å². The van der Waals surface area contributed by atoms with Crippen LogP contribution in [0.3, 0.4) is 0 Å². The summed E-state index contributed by atoms with van der Waals surface area (Å²) in [5.74, 6) is 1.40. The molecule has 0 aliphatic carbocycles. The number of nitrogens with zero attached hydrogens (tertiary/aromatic N) is 1. The van der Waals surface area contributed by atoms with E-state index < -0.39 is 0 Å². The van der Waals surface area contributed by atoms with Gasteiger partial charge in [0.1, 0.15) is 0 Å². The summed E-state index contributed by atoms with van der Waals surface area (Å²) in [5.41, 5.74) is 0. The van der Waals surface area contributed by atoms with Gasteiger partial charge in [0.15, 0.2) is 0 Å². The van der Waals surface area contributed by atoms with Crippen molar-refractivity contribution in [1.29, 1.82) is 0 Å². The third-order valence-electron chi connectivity index (χ3n) is 3.50. The zero-order valence-corrected chi connectivity index (χ0v) is 12.0. The van der Waals surface area contributed by atoms with Gasteiger partial charge in [0, 0.05) is 31.7 Å². The maximum atomic E-state index is 5.64. The SMILES string of the molecule is CCNC1CCOCC1CN(CC)CC(C)C. The molecule has 3 nitrogen and oxygen atoms in total. The van der Waals surface area contributed by atoms with Crippen LogP contribution in [0.25, 0.3) is 0 Å².